The van der Waals surface area contributed by atoms with Crippen LogP contribution in [0.5, 0.6) is 0 Å². The van der Waals surface area contributed by atoms with Crippen molar-refractivity contribution in [3.05, 3.63) is 54.2 Å². The highest BCUT2D eigenvalue weighted by Gasteiger charge is 2.11. The van der Waals surface area contributed by atoms with Crippen LogP contribution >= 0.6 is 0 Å². The summed E-state index contributed by atoms with van der Waals surface area (Å²) >= 11 is 0. The average molecular weight is 272 g/mol. The molecule has 0 spiro atoms. The molecule has 2 heterocycles. The Morgan fingerprint density at radius 3 is 3.05 bits per heavy atom. The summed E-state index contributed by atoms with van der Waals surface area (Å²) in [5.41, 5.74) is 0.598. The van der Waals surface area contributed by atoms with Gasteiger partial charge in [0.05, 0.1) is 0 Å². The standard InChI is InChI=1S/C14H13FN4O/c1-2-12-16-6-7-19(12)9-13-17-14(18-20-13)10-4-3-5-11(15)8-10/h3-8H,2,9H2,1H3. The highest BCUT2D eigenvalue weighted by molar-refractivity contribution is 5.53. The first-order valence-electron chi connectivity index (χ1n) is 6.35. The number of imidazole rings is 1. The first kappa shape index (κ1) is 12.5. The predicted octanol–water partition coefficient (Wildman–Crippen LogP) is 2.68. The van der Waals surface area contributed by atoms with Gasteiger partial charge in [-0.1, -0.05) is 24.2 Å². The van der Waals surface area contributed by atoms with Crippen molar-refractivity contribution < 1.29 is 8.91 Å². The van der Waals surface area contributed by atoms with Gasteiger partial charge in [0.1, 0.15) is 18.2 Å². The van der Waals surface area contributed by atoms with E-state index in [0.29, 0.717) is 23.8 Å². The molecule has 0 amide bonds. The SMILES string of the molecule is CCc1nccn1Cc1nc(-c2cccc(F)c2)no1. The van der Waals surface area contributed by atoms with Crippen molar-refractivity contribution in [1.29, 1.82) is 0 Å². The van der Waals surface area contributed by atoms with Gasteiger partial charge < -0.3 is 9.09 Å². The Kier molecular flexibility index (Phi) is 3.28. The molecule has 0 saturated carbocycles. The van der Waals surface area contributed by atoms with Gasteiger partial charge in [-0.2, -0.15) is 4.98 Å². The Morgan fingerprint density at radius 1 is 1.35 bits per heavy atom. The summed E-state index contributed by atoms with van der Waals surface area (Å²) in [6, 6.07) is 6.12. The maximum atomic E-state index is 13.2. The van der Waals surface area contributed by atoms with Crippen molar-refractivity contribution in [2.75, 3.05) is 0 Å². The molecule has 1 aromatic carbocycles. The maximum absolute atomic E-state index is 13.2. The summed E-state index contributed by atoms with van der Waals surface area (Å²) in [6.07, 6.45) is 4.44. The predicted molar refractivity (Wildman–Crippen MR) is 70.4 cm³/mol. The van der Waals surface area contributed by atoms with Crippen molar-refractivity contribution in [3.63, 3.8) is 0 Å². The first-order valence-corrected chi connectivity index (χ1v) is 6.35. The van der Waals surface area contributed by atoms with Crippen molar-refractivity contribution >= 4 is 0 Å². The largest absolute Gasteiger partial charge is 0.337 e. The van der Waals surface area contributed by atoms with E-state index in [1.54, 1.807) is 18.3 Å². The van der Waals surface area contributed by atoms with E-state index in [2.05, 4.69) is 15.1 Å². The lowest BCUT2D eigenvalue weighted by molar-refractivity contribution is 0.370. The van der Waals surface area contributed by atoms with Crippen molar-refractivity contribution in [1.82, 2.24) is 19.7 Å². The van der Waals surface area contributed by atoms with Gasteiger partial charge in [0, 0.05) is 24.4 Å². The highest BCUT2D eigenvalue weighted by Crippen LogP contribution is 2.17. The van der Waals surface area contributed by atoms with E-state index in [0.717, 1.165) is 12.2 Å². The second-order valence-corrected chi connectivity index (χ2v) is 4.35. The molecule has 0 atom stereocenters. The quantitative estimate of drug-likeness (QED) is 0.732. The Hall–Kier alpha value is -2.50. The third-order valence-electron chi connectivity index (χ3n) is 2.97. The van der Waals surface area contributed by atoms with E-state index in [-0.39, 0.29) is 5.82 Å². The van der Waals surface area contributed by atoms with E-state index in [1.165, 1.54) is 12.1 Å². The number of hydrogen-bond acceptors (Lipinski definition) is 4. The molecular weight excluding hydrogens is 259 g/mol. The molecule has 6 heteroatoms. The molecule has 5 nitrogen and oxygen atoms in total. The number of aryl methyl sites for hydroxylation is 1. The van der Waals surface area contributed by atoms with Gasteiger partial charge in [0.25, 0.3) is 0 Å². The summed E-state index contributed by atoms with van der Waals surface area (Å²) in [6.45, 7) is 2.50. The van der Waals surface area contributed by atoms with E-state index in [4.69, 9.17) is 4.52 Å². The summed E-state index contributed by atoms with van der Waals surface area (Å²) in [7, 11) is 0. The molecule has 2 aromatic heterocycles. The Bertz CT molecular complexity index is 719. The minimum Gasteiger partial charge on any atom is -0.337 e. The topological polar surface area (TPSA) is 56.7 Å². The molecule has 20 heavy (non-hydrogen) atoms. The third-order valence-corrected chi connectivity index (χ3v) is 2.97. The van der Waals surface area contributed by atoms with Crippen LogP contribution in [0.25, 0.3) is 11.4 Å². The summed E-state index contributed by atoms with van der Waals surface area (Å²) < 4.78 is 20.3. The van der Waals surface area contributed by atoms with Gasteiger partial charge >= 0.3 is 0 Å². The lowest BCUT2D eigenvalue weighted by Gasteiger charge is -2.01. The molecule has 0 aliphatic rings. The van der Waals surface area contributed by atoms with Crippen LogP contribution in [0.15, 0.2) is 41.2 Å². The minimum atomic E-state index is -0.322. The first-order chi connectivity index (χ1) is 9.76. The zero-order valence-corrected chi connectivity index (χ0v) is 11.0. The molecule has 3 rings (SSSR count). The van der Waals surface area contributed by atoms with Gasteiger partial charge in [-0.25, -0.2) is 9.37 Å². The molecule has 0 saturated heterocycles. The van der Waals surface area contributed by atoms with Crippen LogP contribution in [0.2, 0.25) is 0 Å². The summed E-state index contributed by atoms with van der Waals surface area (Å²) in [4.78, 5) is 8.51. The number of nitrogens with zero attached hydrogens (tertiary/aromatic N) is 4. The fraction of sp³-hybridized carbons (Fsp3) is 0.214. The van der Waals surface area contributed by atoms with Gasteiger partial charge in [-0.05, 0) is 12.1 Å². The van der Waals surface area contributed by atoms with Crippen LogP contribution in [0.3, 0.4) is 0 Å². The molecule has 0 aliphatic heterocycles. The van der Waals surface area contributed by atoms with Crippen LogP contribution in [-0.2, 0) is 13.0 Å². The van der Waals surface area contributed by atoms with Gasteiger partial charge in [0.15, 0.2) is 0 Å². The normalized spacial score (nSPS) is 10.9. The Balaban J connectivity index is 1.84. The highest BCUT2D eigenvalue weighted by atomic mass is 19.1. The Labute approximate surface area is 115 Å². The fourth-order valence-corrected chi connectivity index (χ4v) is 2.01. The Morgan fingerprint density at radius 2 is 2.25 bits per heavy atom. The van der Waals surface area contributed by atoms with Crippen LogP contribution in [0.4, 0.5) is 4.39 Å². The number of rotatable bonds is 4. The monoisotopic (exact) mass is 272 g/mol. The smallest absolute Gasteiger partial charge is 0.246 e. The van der Waals surface area contributed by atoms with Crippen LogP contribution in [0.1, 0.15) is 18.6 Å². The molecule has 0 bridgehead atoms. The van der Waals surface area contributed by atoms with E-state index in [1.807, 2.05) is 17.7 Å². The molecular formula is C14H13FN4O. The number of aromatic nitrogens is 4. The summed E-state index contributed by atoms with van der Waals surface area (Å²) in [5.74, 6) is 1.49. The molecule has 0 fully saturated rings. The maximum Gasteiger partial charge on any atom is 0.246 e. The lowest BCUT2D eigenvalue weighted by Crippen LogP contribution is -2.03. The van der Waals surface area contributed by atoms with Crippen molar-refractivity contribution in [2.24, 2.45) is 0 Å². The number of benzene rings is 1. The third kappa shape index (κ3) is 2.45. The minimum absolute atomic E-state index is 0.322. The molecule has 0 unspecified atom stereocenters. The van der Waals surface area contributed by atoms with Gasteiger partial charge in [-0.3, -0.25) is 0 Å². The molecule has 3 aromatic rings. The molecule has 0 aliphatic carbocycles. The van der Waals surface area contributed by atoms with E-state index < -0.39 is 0 Å². The molecule has 0 N–H and O–H groups in total. The van der Waals surface area contributed by atoms with Crippen molar-refractivity contribution in [3.8, 4) is 11.4 Å². The molecule has 102 valence electrons. The van der Waals surface area contributed by atoms with Crippen LogP contribution < -0.4 is 0 Å². The number of hydrogen-bond donors (Lipinski definition) is 0. The second-order valence-electron chi connectivity index (χ2n) is 4.35. The van der Waals surface area contributed by atoms with E-state index in [9.17, 15) is 4.39 Å². The van der Waals surface area contributed by atoms with E-state index >= 15 is 0 Å². The van der Waals surface area contributed by atoms with Crippen molar-refractivity contribution in [2.45, 2.75) is 19.9 Å². The number of halogens is 1. The molecule has 0 radical (unpaired) electrons. The van der Waals surface area contributed by atoms with Gasteiger partial charge in [-0.15, -0.1) is 0 Å². The second kappa shape index (κ2) is 5.24. The van der Waals surface area contributed by atoms with Crippen LogP contribution in [0, 0.1) is 5.82 Å². The summed E-state index contributed by atoms with van der Waals surface area (Å²) in [5, 5.41) is 3.88. The zero-order valence-electron chi connectivity index (χ0n) is 11.0. The fourth-order valence-electron chi connectivity index (χ4n) is 2.01. The lowest BCUT2D eigenvalue weighted by atomic mass is 10.2. The average Bonchev–Trinajstić information content (AvgIpc) is 3.08. The van der Waals surface area contributed by atoms with Gasteiger partial charge in [0.2, 0.25) is 11.7 Å². The van der Waals surface area contributed by atoms with Crippen LogP contribution in [-0.4, -0.2) is 19.7 Å². The zero-order chi connectivity index (χ0) is 13.9.